The number of nitrogens with zero attached hydrogens (tertiary/aromatic N) is 1. The second-order valence-electron chi connectivity index (χ2n) is 5.98. The monoisotopic (exact) mass is 446 g/mol. The van der Waals surface area contributed by atoms with Gasteiger partial charge in [0.25, 0.3) is 0 Å². The van der Waals surface area contributed by atoms with E-state index < -0.39 is 39.1 Å². The van der Waals surface area contributed by atoms with Gasteiger partial charge in [-0.3, -0.25) is 4.79 Å². The molecular weight excluding hydrogens is 429 g/mol. The van der Waals surface area contributed by atoms with Crippen molar-refractivity contribution in [3.05, 3.63) is 77.3 Å². The number of rotatable bonds is 8. The van der Waals surface area contributed by atoms with Crippen molar-refractivity contribution in [2.75, 3.05) is 13.1 Å². The van der Waals surface area contributed by atoms with Crippen LogP contribution in [0.2, 0.25) is 5.02 Å². The van der Waals surface area contributed by atoms with Crippen LogP contribution in [-0.4, -0.2) is 31.7 Å². The van der Waals surface area contributed by atoms with Crippen molar-refractivity contribution in [1.82, 2.24) is 9.62 Å². The fourth-order valence-electron chi connectivity index (χ4n) is 2.43. The lowest BCUT2D eigenvalue weighted by Gasteiger charge is -2.21. The molecule has 0 aliphatic rings. The highest BCUT2D eigenvalue weighted by molar-refractivity contribution is 7.89. The molecule has 0 aromatic heterocycles. The van der Waals surface area contributed by atoms with Crippen LogP contribution in [0.1, 0.15) is 11.1 Å². The summed E-state index contributed by atoms with van der Waals surface area (Å²) < 4.78 is 65.0. The van der Waals surface area contributed by atoms with Gasteiger partial charge in [0, 0.05) is 18.1 Å². The Morgan fingerprint density at radius 1 is 1.17 bits per heavy atom. The minimum atomic E-state index is -4.69. The van der Waals surface area contributed by atoms with Gasteiger partial charge in [-0.25, -0.2) is 8.42 Å². The quantitative estimate of drug-likeness (QED) is 0.626. The van der Waals surface area contributed by atoms with Crippen LogP contribution >= 0.6 is 11.6 Å². The maximum absolute atomic E-state index is 12.9. The van der Waals surface area contributed by atoms with Crippen LogP contribution in [0, 0.1) is 0 Å². The topological polar surface area (TPSA) is 66.5 Å². The van der Waals surface area contributed by atoms with E-state index in [0.29, 0.717) is 16.7 Å². The Balaban J connectivity index is 2.18. The van der Waals surface area contributed by atoms with E-state index in [1.807, 2.05) is 0 Å². The number of amides is 1. The number of alkyl halides is 3. The molecule has 0 fully saturated rings. The zero-order valence-corrected chi connectivity index (χ0v) is 16.7. The Labute approximate surface area is 171 Å². The third-order valence-electron chi connectivity index (χ3n) is 3.89. The SMILES string of the molecule is C=CCN(CC(=O)NCc1ccccc1Cl)S(=O)(=O)c1cccc(C(F)(F)F)c1. The molecule has 0 unspecified atom stereocenters. The van der Waals surface area contributed by atoms with Crippen LogP contribution in [0.4, 0.5) is 13.2 Å². The van der Waals surface area contributed by atoms with Gasteiger partial charge in [-0.05, 0) is 29.8 Å². The van der Waals surface area contributed by atoms with Gasteiger partial charge in [-0.2, -0.15) is 17.5 Å². The molecule has 10 heteroatoms. The molecule has 0 heterocycles. The molecule has 1 N–H and O–H groups in total. The molecule has 2 rings (SSSR count). The lowest BCUT2D eigenvalue weighted by molar-refractivity contribution is -0.137. The van der Waals surface area contributed by atoms with Crippen LogP contribution in [0.15, 0.2) is 66.1 Å². The minimum Gasteiger partial charge on any atom is -0.351 e. The largest absolute Gasteiger partial charge is 0.416 e. The third kappa shape index (κ3) is 6.06. The van der Waals surface area contributed by atoms with E-state index in [1.54, 1.807) is 24.3 Å². The van der Waals surface area contributed by atoms with Gasteiger partial charge >= 0.3 is 6.18 Å². The minimum absolute atomic E-state index is 0.0735. The number of nitrogens with one attached hydrogen (secondary N) is 1. The molecule has 1 amide bonds. The second kappa shape index (κ2) is 9.43. The highest BCUT2D eigenvalue weighted by Gasteiger charge is 2.33. The summed E-state index contributed by atoms with van der Waals surface area (Å²) in [6.07, 6.45) is -3.45. The van der Waals surface area contributed by atoms with E-state index >= 15 is 0 Å². The van der Waals surface area contributed by atoms with Crippen LogP contribution in [0.5, 0.6) is 0 Å². The maximum Gasteiger partial charge on any atom is 0.416 e. The summed E-state index contributed by atoms with van der Waals surface area (Å²) in [4.78, 5) is 11.7. The van der Waals surface area contributed by atoms with E-state index in [1.165, 1.54) is 6.08 Å². The fourth-order valence-corrected chi connectivity index (χ4v) is 4.04. The smallest absolute Gasteiger partial charge is 0.351 e. The van der Waals surface area contributed by atoms with Crippen LogP contribution in [0.25, 0.3) is 0 Å². The average molecular weight is 447 g/mol. The van der Waals surface area contributed by atoms with Crippen molar-refractivity contribution < 1.29 is 26.4 Å². The van der Waals surface area contributed by atoms with Crippen molar-refractivity contribution >= 4 is 27.5 Å². The molecule has 29 heavy (non-hydrogen) atoms. The number of benzene rings is 2. The molecule has 0 aliphatic carbocycles. The van der Waals surface area contributed by atoms with E-state index in [0.717, 1.165) is 22.5 Å². The van der Waals surface area contributed by atoms with Crippen molar-refractivity contribution in [3.8, 4) is 0 Å². The van der Waals surface area contributed by atoms with E-state index in [-0.39, 0.29) is 13.1 Å². The summed E-state index contributed by atoms with van der Waals surface area (Å²) in [5, 5.41) is 2.98. The summed E-state index contributed by atoms with van der Waals surface area (Å²) in [6, 6.07) is 10.1. The number of sulfonamides is 1. The van der Waals surface area contributed by atoms with Crippen molar-refractivity contribution in [1.29, 1.82) is 0 Å². The predicted octanol–water partition coefficient (Wildman–Crippen LogP) is 3.85. The third-order valence-corrected chi connectivity index (χ3v) is 6.06. The van der Waals surface area contributed by atoms with Gasteiger partial charge in [-0.15, -0.1) is 6.58 Å². The van der Waals surface area contributed by atoms with E-state index in [9.17, 15) is 26.4 Å². The zero-order valence-electron chi connectivity index (χ0n) is 15.1. The molecule has 0 spiro atoms. The number of carbonyl (C=O) groups excluding carboxylic acids is 1. The van der Waals surface area contributed by atoms with Gasteiger partial charge in [0.05, 0.1) is 17.0 Å². The molecule has 0 atom stereocenters. The van der Waals surface area contributed by atoms with Crippen molar-refractivity contribution in [3.63, 3.8) is 0 Å². The molecule has 2 aromatic carbocycles. The molecule has 0 saturated carbocycles. The molecular formula is C19H18ClF3N2O3S. The normalized spacial score (nSPS) is 12.0. The highest BCUT2D eigenvalue weighted by Crippen LogP contribution is 2.31. The Bertz CT molecular complexity index is 994. The Morgan fingerprint density at radius 3 is 2.48 bits per heavy atom. The number of halogens is 4. The summed E-state index contributed by atoms with van der Waals surface area (Å²) in [5.41, 5.74) is -0.459. The summed E-state index contributed by atoms with van der Waals surface area (Å²) in [7, 11) is -4.36. The number of hydrogen-bond acceptors (Lipinski definition) is 3. The molecule has 0 aliphatic heterocycles. The summed E-state index contributed by atoms with van der Waals surface area (Å²) in [5.74, 6) is -0.637. The molecule has 2 aromatic rings. The summed E-state index contributed by atoms with van der Waals surface area (Å²) in [6.45, 7) is 2.67. The van der Waals surface area contributed by atoms with Gasteiger partial charge in [0.15, 0.2) is 0 Å². The lowest BCUT2D eigenvalue weighted by Crippen LogP contribution is -2.40. The first-order chi connectivity index (χ1) is 13.6. The number of carbonyl (C=O) groups is 1. The number of hydrogen-bond donors (Lipinski definition) is 1. The Kier molecular flexibility index (Phi) is 7.45. The van der Waals surface area contributed by atoms with Crippen molar-refractivity contribution in [2.24, 2.45) is 0 Å². The molecule has 5 nitrogen and oxygen atoms in total. The second-order valence-corrected chi connectivity index (χ2v) is 8.33. The van der Waals surface area contributed by atoms with Crippen LogP contribution < -0.4 is 5.32 Å². The Hall–Kier alpha value is -2.36. The van der Waals surface area contributed by atoms with Crippen LogP contribution in [-0.2, 0) is 27.5 Å². The molecule has 156 valence electrons. The maximum atomic E-state index is 12.9. The lowest BCUT2D eigenvalue weighted by atomic mass is 10.2. The van der Waals surface area contributed by atoms with E-state index in [2.05, 4.69) is 11.9 Å². The van der Waals surface area contributed by atoms with Gasteiger partial charge in [-0.1, -0.05) is 41.9 Å². The van der Waals surface area contributed by atoms with Crippen molar-refractivity contribution in [2.45, 2.75) is 17.6 Å². The van der Waals surface area contributed by atoms with Gasteiger partial charge in [0.2, 0.25) is 15.9 Å². The van der Waals surface area contributed by atoms with E-state index in [4.69, 9.17) is 11.6 Å². The fraction of sp³-hybridized carbons (Fsp3) is 0.211. The standard InChI is InChI=1S/C19H18ClF3N2O3S/c1-2-10-25(13-18(26)24-12-14-6-3-4-9-17(14)20)29(27,28)16-8-5-7-15(11-16)19(21,22)23/h2-9,11H,1,10,12-13H2,(H,24,26). The zero-order chi connectivity index (χ0) is 21.7. The average Bonchev–Trinajstić information content (AvgIpc) is 2.66. The molecule has 0 saturated heterocycles. The van der Waals surface area contributed by atoms with Crippen LogP contribution in [0.3, 0.4) is 0 Å². The highest BCUT2D eigenvalue weighted by atomic mass is 35.5. The summed E-state index contributed by atoms with van der Waals surface area (Å²) >= 11 is 6.00. The predicted molar refractivity (Wildman–Crippen MR) is 104 cm³/mol. The first-order valence-electron chi connectivity index (χ1n) is 8.34. The molecule has 0 bridgehead atoms. The molecule has 0 radical (unpaired) electrons. The Morgan fingerprint density at radius 2 is 1.86 bits per heavy atom. The van der Waals surface area contributed by atoms with Gasteiger partial charge in [0.1, 0.15) is 0 Å². The first-order valence-corrected chi connectivity index (χ1v) is 10.2. The first kappa shape index (κ1) is 22.9. The van der Waals surface area contributed by atoms with Gasteiger partial charge < -0.3 is 5.32 Å².